The summed E-state index contributed by atoms with van der Waals surface area (Å²) in [5.41, 5.74) is 1.26. The number of ether oxygens (including phenoxy) is 1. The van der Waals surface area contributed by atoms with Crippen molar-refractivity contribution in [1.82, 2.24) is 5.32 Å². The van der Waals surface area contributed by atoms with Crippen molar-refractivity contribution in [2.75, 3.05) is 31.6 Å². The molecule has 1 unspecified atom stereocenters. The van der Waals surface area contributed by atoms with Gasteiger partial charge >= 0.3 is 0 Å². The third-order valence-electron chi connectivity index (χ3n) is 4.01. The molecule has 0 bridgehead atoms. The Balaban J connectivity index is 1.78. The summed E-state index contributed by atoms with van der Waals surface area (Å²) in [6, 6.07) is 9.04. The van der Waals surface area contributed by atoms with Crippen LogP contribution in [0.25, 0.3) is 0 Å². The Labute approximate surface area is 109 Å². The fourth-order valence-corrected chi connectivity index (χ4v) is 2.80. The highest BCUT2D eigenvalue weighted by atomic mass is 16.5. The Morgan fingerprint density at radius 3 is 3.00 bits per heavy atom. The van der Waals surface area contributed by atoms with Gasteiger partial charge in [-0.3, -0.25) is 0 Å². The monoisotopic (exact) mass is 246 g/mol. The SMILES string of the molecule is CNC(CN1CCCOc2ccccc21)C1CC1. The second kappa shape index (κ2) is 5.19. The van der Waals surface area contributed by atoms with E-state index in [1.807, 2.05) is 0 Å². The number of hydrogen-bond acceptors (Lipinski definition) is 3. The standard InChI is InChI=1S/C15H22N2O/c1-16-13(12-7-8-12)11-17-9-4-10-18-15-6-3-2-5-14(15)17/h2-3,5-6,12-13,16H,4,7-11H2,1H3. The molecule has 18 heavy (non-hydrogen) atoms. The van der Waals surface area contributed by atoms with Crippen LogP contribution >= 0.6 is 0 Å². The van der Waals surface area contributed by atoms with Gasteiger partial charge in [0, 0.05) is 19.1 Å². The minimum atomic E-state index is 0.621. The Morgan fingerprint density at radius 1 is 1.39 bits per heavy atom. The lowest BCUT2D eigenvalue weighted by Crippen LogP contribution is -2.41. The van der Waals surface area contributed by atoms with E-state index in [2.05, 4.69) is 41.5 Å². The van der Waals surface area contributed by atoms with Gasteiger partial charge in [0.25, 0.3) is 0 Å². The summed E-state index contributed by atoms with van der Waals surface area (Å²) in [4.78, 5) is 2.49. The van der Waals surface area contributed by atoms with E-state index < -0.39 is 0 Å². The average Bonchev–Trinajstić information content (AvgIpc) is 3.23. The van der Waals surface area contributed by atoms with E-state index in [4.69, 9.17) is 4.74 Å². The fraction of sp³-hybridized carbons (Fsp3) is 0.600. The van der Waals surface area contributed by atoms with Crippen LogP contribution < -0.4 is 15.0 Å². The number of likely N-dealkylation sites (N-methyl/N-ethyl adjacent to an activating group) is 1. The minimum Gasteiger partial charge on any atom is -0.491 e. The smallest absolute Gasteiger partial charge is 0.142 e. The number of anilines is 1. The van der Waals surface area contributed by atoms with Gasteiger partial charge in [-0.25, -0.2) is 0 Å². The molecule has 2 aliphatic rings. The third-order valence-corrected chi connectivity index (χ3v) is 4.01. The summed E-state index contributed by atoms with van der Waals surface area (Å²) < 4.78 is 5.81. The Bertz CT molecular complexity index is 403. The van der Waals surface area contributed by atoms with Crippen LogP contribution in [0.2, 0.25) is 0 Å². The van der Waals surface area contributed by atoms with Crippen molar-refractivity contribution >= 4 is 5.69 Å². The van der Waals surface area contributed by atoms with Crippen molar-refractivity contribution in [2.45, 2.75) is 25.3 Å². The van der Waals surface area contributed by atoms with Crippen molar-refractivity contribution in [3.8, 4) is 5.75 Å². The molecule has 0 amide bonds. The van der Waals surface area contributed by atoms with Crippen LogP contribution in [0.15, 0.2) is 24.3 Å². The maximum atomic E-state index is 5.81. The van der Waals surface area contributed by atoms with Gasteiger partial charge in [-0.05, 0) is 44.4 Å². The maximum Gasteiger partial charge on any atom is 0.142 e. The van der Waals surface area contributed by atoms with E-state index in [0.29, 0.717) is 6.04 Å². The molecule has 0 spiro atoms. The summed E-state index contributed by atoms with van der Waals surface area (Å²) in [6.07, 6.45) is 3.88. The number of nitrogens with zero attached hydrogens (tertiary/aromatic N) is 1. The first-order valence-electron chi connectivity index (χ1n) is 7.02. The second-order valence-electron chi connectivity index (χ2n) is 5.35. The number of fused-ring (bicyclic) bond motifs is 1. The molecule has 3 rings (SSSR count). The Kier molecular flexibility index (Phi) is 3.41. The highest BCUT2D eigenvalue weighted by Crippen LogP contribution is 2.35. The maximum absolute atomic E-state index is 5.81. The molecule has 1 atom stereocenters. The summed E-state index contributed by atoms with van der Waals surface area (Å²) in [5, 5.41) is 3.48. The van der Waals surface area contributed by atoms with Crippen molar-refractivity contribution in [3.05, 3.63) is 24.3 Å². The van der Waals surface area contributed by atoms with Gasteiger partial charge in [0.05, 0.1) is 12.3 Å². The van der Waals surface area contributed by atoms with Crippen LogP contribution in [0.4, 0.5) is 5.69 Å². The Hall–Kier alpha value is -1.22. The van der Waals surface area contributed by atoms with Gasteiger partial charge in [-0.15, -0.1) is 0 Å². The molecule has 98 valence electrons. The predicted molar refractivity (Wildman–Crippen MR) is 74.3 cm³/mol. The van der Waals surface area contributed by atoms with Gasteiger partial charge in [0.2, 0.25) is 0 Å². The van der Waals surface area contributed by atoms with Crippen LogP contribution in [0, 0.1) is 5.92 Å². The van der Waals surface area contributed by atoms with E-state index in [1.165, 1.54) is 18.5 Å². The molecule has 1 N–H and O–H groups in total. The molecule has 1 aromatic rings. The van der Waals surface area contributed by atoms with E-state index in [9.17, 15) is 0 Å². The van der Waals surface area contributed by atoms with Crippen molar-refractivity contribution in [1.29, 1.82) is 0 Å². The lowest BCUT2D eigenvalue weighted by atomic mass is 10.1. The molecular weight excluding hydrogens is 224 g/mol. The predicted octanol–water partition coefficient (Wildman–Crippen LogP) is 2.27. The van der Waals surface area contributed by atoms with Gasteiger partial charge in [0.1, 0.15) is 5.75 Å². The molecule has 1 heterocycles. The molecule has 3 heteroatoms. The molecule has 1 aromatic carbocycles. The molecule has 3 nitrogen and oxygen atoms in total. The quantitative estimate of drug-likeness (QED) is 0.882. The largest absolute Gasteiger partial charge is 0.491 e. The molecule has 1 saturated carbocycles. The fourth-order valence-electron chi connectivity index (χ4n) is 2.80. The highest BCUT2D eigenvalue weighted by molar-refractivity contribution is 5.59. The first kappa shape index (κ1) is 11.8. The zero-order valence-corrected chi connectivity index (χ0v) is 11.1. The van der Waals surface area contributed by atoms with Gasteiger partial charge < -0.3 is 15.0 Å². The number of hydrogen-bond donors (Lipinski definition) is 1. The number of nitrogens with one attached hydrogen (secondary N) is 1. The van der Waals surface area contributed by atoms with Gasteiger partial charge in [0.15, 0.2) is 0 Å². The van der Waals surface area contributed by atoms with Crippen molar-refractivity contribution < 1.29 is 4.74 Å². The number of benzene rings is 1. The first-order valence-corrected chi connectivity index (χ1v) is 7.02. The molecule has 1 fully saturated rings. The van der Waals surface area contributed by atoms with E-state index in [1.54, 1.807) is 0 Å². The molecule has 1 aliphatic carbocycles. The summed E-state index contributed by atoms with van der Waals surface area (Å²) >= 11 is 0. The van der Waals surface area contributed by atoms with Crippen LogP contribution in [0.5, 0.6) is 5.75 Å². The van der Waals surface area contributed by atoms with Gasteiger partial charge in [-0.1, -0.05) is 12.1 Å². The first-order chi connectivity index (χ1) is 8.88. The number of para-hydroxylation sites is 2. The van der Waals surface area contributed by atoms with Crippen LogP contribution in [-0.4, -0.2) is 32.8 Å². The normalized spacial score (nSPS) is 20.8. The lowest BCUT2D eigenvalue weighted by molar-refractivity contribution is 0.322. The average molecular weight is 246 g/mol. The van der Waals surface area contributed by atoms with Gasteiger partial charge in [-0.2, -0.15) is 0 Å². The lowest BCUT2D eigenvalue weighted by Gasteiger charge is -2.28. The summed E-state index contributed by atoms with van der Waals surface area (Å²) in [5.74, 6) is 1.92. The zero-order valence-electron chi connectivity index (χ0n) is 11.1. The molecule has 0 aromatic heterocycles. The minimum absolute atomic E-state index is 0.621. The Morgan fingerprint density at radius 2 is 2.22 bits per heavy atom. The molecule has 0 radical (unpaired) electrons. The third kappa shape index (κ3) is 2.46. The summed E-state index contributed by atoms with van der Waals surface area (Å²) in [7, 11) is 2.09. The second-order valence-corrected chi connectivity index (χ2v) is 5.35. The molecular formula is C15H22N2O. The van der Waals surface area contributed by atoms with E-state index in [-0.39, 0.29) is 0 Å². The summed E-state index contributed by atoms with van der Waals surface area (Å²) in [6.45, 7) is 3.03. The molecule has 1 aliphatic heterocycles. The highest BCUT2D eigenvalue weighted by Gasteiger charge is 2.32. The van der Waals surface area contributed by atoms with Crippen LogP contribution in [-0.2, 0) is 0 Å². The number of rotatable bonds is 4. The topological polar surface area (TPSA) is 24.5 Å². The van der Waals surface area contributed by atoms with Crippen LogP contribution in [0.3, 0.4) is 0 Å². The van der Waals surface area contributed by atoms with E-state index in [0.717, 1.165) is 37.8 Å². The van der Waals surface area contributed by atoms with Crippen molar-refractivity contribution in [3.63, 3.8) is 0 Å². The van der Waals surface area contributed by atoms with E-state index >= 15 is 0 Å². The van der Waals surface area contributed by atoms with Crippen molar-refractivity contribution in [2.24, 2.45) is 5.92 Å². The zero-order chi connectivity index (χ0) is 12.4. The molecule has 0 saturated heterocycles. The van der Waals surface area contributed by atoms with Crippen LogP contribution in [0.1, 0.15) is 19.3 Å².